The lowest BCUT2D eigenvalue weighted by atomic mass is 10.1. The van der Waals surface area contributed by atoms with Gasteiger partial charge in [0.05, 0.1) is 0 Å². The summed E-state index contributed by atoms with van der Waals surface area (Å²) in [5.74, 6) is 0.295. The Morgan fingerprint density at radius 1 is 0.897 bits per heavy atom. The second-order valence-electron chi connectivity index (χ2n) is 6.57. The standard InChI is InChI=1S/C24H23NO4/c1-3-18-6-4-5-7-22(18)28-16-23(26)29-21-14-10-19(11-15-21)24(27)25-20-12-8-17(2)9-13-20/h4-15H,3,16H2,1-2H3,(H,25,27). The summed E-state index contributed by atoms with van der Waals surface area (Å²) in [5, 5.41) is 2.83. The second kappa shape index (κ2) is 9.55. The van der Waals surface area contributed by atoms with Crippen LogP contribution in [0.25, 0.3) is 0 Å². The maximum atomic E-state index is 12.3. The average molecular weight is 389 g/mol. The molecular weight excluding hydrogens is 366 g/mol. The molecule has 1 N–H and O–H groups in total. The molecule has 0 bridgehead atoms. The molecule has 0 unspecified atom stereocenters. The zero-order chi connectivity index (χ0) is 20.6. The number of rotatable bonds is 7. The molecule has 3 rings (SSSR count). The van der Waals surface area contributed by atoms with Gasteiger partial charge in [-0.3, -0.25) is 4.79 Å². The first-order valence-corrected chi connectivity index (χ1v) is 9.44. The zero-order valence-electron chi connectivity index (χ0n) is 16.5. The van der Waals surface area contributed by atoms with Crippen LogP contribution in [0.3, 0.4) is 0 Å². The number of carbonyl (C=O) groups is 2. The van der Waals surface area contributed by atoms with Gasteiger partial charge in [0.25, 0.3) is 5.91 Å². The van der Waals surface area contributed by atoms with Gasteiger partial charge < -0.3 is 14.8 Å². The van der Waals surface area contributed by atoms with Crippen molar-refractivity contribution in [1.82, 2.24) is 0 Å². The van der Waals surface area contributed by atoms with E-state index < -0.39 is 5.97 Å². The number of amides is 1. The predicted molar refractivity (Wildman–Crippen MR) is 113 cm³/mol. The molecule has 0 fully saturated rings. The van der Waals surface area contributed by atoms with Gasteiger partial charge in [0.15, 0.2) is 6.61 Å². The van der Waals surface area contributed by atoms with E-state index in [1.54, 1.807) is 24.3 Å². The lowest BCUT2D eigenvalue weighted by molar-refractivity contribution is -0.136. The highest BCUT2D eigenvalue weighted by Crippen LogP contribution is 2.19. The monoisotopic (exact) mass is 389 g/mol. The fourth-order valence-corrected chi connectivity index (χ4v) is 2.75. The fraction of sp³-hybridized carbons (Fsp3) is 0.167. The first-order chi connectivity index (χ1) is 14.0. The van der Waals surface area contributed by atoms with E-state index >= 15 is 0 Å². The third kappa shape index (κ3) is 5.69. The van der Waals surface area contributed by atoms with Crippen molar-refractivity contribution >= 4 is 17.6 Å². The van der Waals surface area contributed by atoms with Gasteiger partial charge in [-0.1, -0.05) is 42.8 Å². The van der Waals surface area contributed by atoms with E-state index in [1.165, 1.54) is 0 Å². The van der Waals surface area contributed by atoms with E-state index in [1.807, 2.05) is 62.4 Å². The van der Waals surface area contributed by atoms with Gasteiger partial charge in [-0.2, -0.15) is 0 Å². The molecule has 3 aromatic carbocycles. The highest BCUT2D eigenvalue weighted by molar-refractivity contribution is 6.04. The molecule has 0 radical (unpaired) electrons. The minimum absolute atomic E-state index is 0.188. The molecule has 0 aliphatic heterocycles. The largest absolute Gasteiger partial charge is 0.482 e. The first-order valence-electron chi connectivity index (χ1n) is 9.44. The van der Waals surface area contributed by atoms with E-state index in [9.17, 15) is 9.59 Å². The molecule has 29 heavy (non-hydrogen) atoms. The lowest BCUT2D eigenvalue weighted by Crippen LogP contribution is -2.18. The highest BCUT2D eigenvalue weighted by atomic mass is 16.6. The summed E-state index contributed by atoms with van der Waals surface area (Å²) in [6, 6.07) is 21.5. The molecule has 0 aliphatic rings. The lowest BCUT2D eigenvalue weighted by Gasteiger charge is -2.10. The number of ether oxygens (including phenoxy) is 2. The Hall–Kier alpha value is -3.60. The minimum Gasteiger partial charge on any atom is -0.482 e. The Morgan fingerprint density at radius 2 is 1.59 bits per heavy atom. The average Bonchev–Trinajstić information content (AvgIpc) is 2.74. The van der Waals surface area contributed by atoms with Crippen LogP contribution in [-0.2, 0) is 11.2 Å². The van der Waals surface area contributed by atoms with Crippen molar-refractivity contribution in [2.45, 2.75) is 20.3 Å². The molecule has 1 amide bonds. The van der Waals surface area contributed by atoms with Crippen molar-refractivity contribution in [3.8, 4) is 11.5 Å². The molecule has 3 aromatic rings. The van der Waals surface area contributed by atoms with Crippen LogP contribution < -0.4 is 14.8 Å². The molecule has 0 saturated heterocycles. The van der Waals surface area contributed by atoms with Gasteiger partial charge >= 0.3 is 5.97 Å². The van der Waals surface area contributed by atoms with Gasteiger partial charge in [0.2, 0.25) is 0 Å². The number of aryl methyl sites for hydroxylation is 2. The molecule has 0 heterocycles. The van der Waals surface area contributed by atoms with Crippen LogP contribution >= 0.6 is 0 Å². The molecule has 0 aliphatic carbocycles. The van der Waals surface area contributed by atoms with Crippen LogP contribution in [0.1, 0.15) is 28.4 Å². The molecule has 0 saturated carbocycles. The van der Waals surface area contributed by atoms with Crippen molar-refractivity contribution in [2.24, 2.45) is 0 Å². The van der Waals surface area contributed by atoms with Crippen LogP contribution in [0.4, 0.5) is 5.69 Å². The topological polar surface area (TPSA) is 64.6 Å². The van der Waals surface area contributed by atoms with Crippen molar-refractivity contribution in [3.63, 3.8) is 0 Å². The summed E-state index contributed by atoms with van der Waals surface area (Å²) in [6.45, 7) is 3.82. The Balaban J connectivity index is 1.53. The van der Waals surface area contributed by atoms with Crippen molar-refractivity contribution in [3.05, 3.63) is 89.5 Å². The normalized spacial score (nSPS) is 10.3. The van der Waals surface area contributed by atoms with Gasteiger partial charge in [0, 0.05) is 11.3 Å². The molecule has 148 valence electrons. The van der Waals surface area contributed by atoms with Crippen molar-refractivity contribution in [2.75, 3.05) is 11.9 Å². The van der Waals surface area contributed by atoms with Gasteiger partial charge in [0.1, 0.15) is 11.5 Å². The van der Waals surface area contributed by atoms with E-state index in [2.05, 4.69) is 5.32 Å². The number of nitrogens with one attached hydrogen (secondary N) is 1. The van der Waals surface area contributed by atoms with E-state index in [4.69, 9.17) is 9.47 Å². The van der Waals surface area contributed by atoms with E-state index in [0.29, 0.717) is 17.1 Å². The predicted octanol–water partition coefficient (Wildman–Crippen LogP) is 4.79. The number of para-hydroxylation sites is 1. The molecule has 0 atom stereocenters. The number of anilines is 1. The summed E-state index contributed by atoms with van der Waals surface area (Å²) >= 11 is 0. The number of carbonyl (C=O) groups excluding carboxylic acids is 2. The Bertz CT molecular complexity index is 979. The van der Waals surface area contributed by atoms with Crippen LogP contribution in [0.2, 0.25) is 0 Å². The minimum atomic E-state index is -0.507. The van der Waals surface area contributed by atoms with Gasteiger partial charge in [-0.25, -0.2) is 4.79 Å². The Labute approximate surface area is 170 Å². The second-order valence-corrected chi connectivity index (χ2v) is 6.57. The van der Waals surface area contributed by atoms with Crippen molar-refractivity contribution < 1.29 is 19.1 Å². The first kappa shape index (κ1) is 20.1. The fourth-order valence-electron chi connectivity index (χ4n) is 2.75. The Morgan fingerprint density at radius 3 is 2.28 bits per heavy atom. The molecule has 5 heteroatoms. The summed E-state index contributed by atoms with van der Waals surface area (Å²) in [7, 11) is 0. The van der Waals surface area contributed by atoms with Crippen LogP contribution in [0, 0.1) is 6.92 Å². The SMILES string of the molecule is CCc1ccccc1OCC(=O)Oc1ccc(C(=O)Nc2ccc(C)cc2)cc1. The number of hydrogen-bond donors (Lipinski definition) is 1. The Kier molecular flexibility index (Phi) is 6.63. The zero-order valence-corrected chi connectivity index (χ0v) is 16.5. The number of esters is 1. The van der Waals surface area contributed by atoms with Gasteiger partial charge in [-0.05, 0) is 61.4 Å². The van der Waals surface area contributed by atoms with Crippen LogP contribution in [0.15, 0.2) is 72.8 Å². The van der Waals surface area contributed by atoms with E-state index in [0.717, 1.165) is 23.2 Å². The summed E-state index contributed by atoms with van der Waals surface area (Å²) in [5.41, 5.74) is 3.35. The molecule has 5 nitrogen and oxygen atoms in total. The van der Waals surface area contributed by atoms with Crippen LogP contribution in [0.5, 0.6) is 11.5 Å². The summed E-state index contributed by atoms with van der Waals surface area (Å²) < 4.78 is 10.8. The molecule has 0 spiro atoms. The number of hydrogen-bond acceptors (Lipinski definition) is 4. The smallest absolute Gasteiger partial charge is 0.349 e. The van der Waals surface area contributed by atoms with Crippen LogP contribution in [-0.4, -0.2) is 18.5 Å². The van der Waals surface area contributed by atoms with Crippen molar-refractivity contribution in [1.29, 1.82) is 0 Å². The summed E-state index contributed by atoms with van der Waals surface area (Å²) in [4.78, 5) is 24.4. The number of benzene rings is 3. The molecular formula is C24H23NO4. The third-order valence-electron chi connectivity index (χ3n) is 4.36. The molecule has 0 aromatic heterocycles. The summed E-state index contributed by atoms with van der Waals surface area (Å²) in [6.07, 6.45) is 0.817. The maximum Gasteiger partial charge on any atom is 0.349 e. The third-order valence-corrected chi connectivity index (χ3v) is 4.36. The quantitative estimate of drug-likeness (QED) is 0.466. The maximum absolute atomic E-state index is 12.3. The van der Waals surface area contributed by atoms with E-state index in [-0.39, 0.29) is 12.5 Å². The highest BCUT2D eigenvalue weighted by Gasteiger charge is 2.10. The van der Waals surface area contributed by atoms with Gasteiger partial charge in [-0.15, -0.1) is 0 Å².